The zero-order chi connectivity index (χ0) is 14.1. The van der Waals surface area contributed by atoms with Gasteiger partial charge < -0.3 is 15.6 Å². The highest BCUT2D eigenvalue weighted by atomic mass is 16.5. The third kappa shape index (κ3) is 1.92. The van der Waals surface area contributed by atoms with E-state index >= 15 is 0 Å². The Morgan fingerprint density at radius 2 is 2.40 bits per heavy atom. The second-order valence-corrected chi connectivity index (χ2v) is 4.38. The van der Waals surface area contributed by atoms with Gasteiger partial charge in [0.25, 0.3) is 0 Å². The lowest BCUT2D eigenvalue weighted by Crippen LogP contribution is -2.14. The van der Waals surface area contributed by atoms with Crippen LogP contribution >= 0.6 is 0 Å². The SMILES string of the molecule is [N-]=[N+]=Nc1nc2c(N)ncnc2n1[C@H]1CC[C@@H](CO)O1. The maximum Gasteiger partial charge on any atom is 0.201 e. The fraction of sp³-hybridized carbons (Fsp3) is 0.500. The number of aromatic nitrogens is 4. The van der Waals surface area contributed by atoms with Crippen molar-refractivity contribution in [3.05, 3.63) is 16.8 Å². The molecule has 2 atom stereocenters. The van der Waals surface area contributed by atoms with Crippen LogP contribution in [0, 0.1) is 0 Å². The quantitative estimate of drug-likeness (QED) is 0.485. The highest BCUT2D eigenvalue weighted by molar-refractivity contribution is 5.83. The predicted octanol–water partition coefficient (Wildman–Crippen LogP) is 1.02. The third-order valence-corrected chi connectivity index (χ3v) is 3.20. The summed E-state index contributed by atoms with van der Waals surface area (Å²) in [6, 6.07) is 0. The largest absolute Gasteiger partial charge is 0.394 e. The molecule has 0 aliphatic carbocycles. The van der Waals surface area contributed by atoms with Gasteiger partial charge in [0.2, 0.25) is 5.95 Å². The van der Waals surface area contributed by atoms with E-state index in [4.69, 9.17) is 21.1 Å². The number of hydrogen-bond donors (Lipinski definition) is 2. The summed E-state index contributed by atoms with van der Waals surface area (Å²) >= 11 is 0. The number of hydrogen-bond acceptors (Lipinski definition) is 7. The zero-order valence-electron chi connectivity index (χ0n) is 10.4. The van der Waals surface area contributed by atoms with Gasteiger partial charge in [-0.05, 0) is 23.5 Å². The van der Waals surface area contributed by atoms with Gasteiger partial charge in [0, 0.05) is 4.91 Å². The predicted molar refractivity (Wildman–Crippen MR) is 68.8 cm³/mol. The van der Waals surface area contributed by atoms with E-state index in [0.717, 1.165) is 0 Å². The normalized spacial score (nSPS) is 22.1. The number of anilines is 1. The fourth-order valence-electron chi connectivity index (χ4n) is 2.30. The van der Waals surface area contributed by atoms with Crippen LogP contribution in [0.15, 0.2) is 11.4 Å². The molecule has 3 rings (SSSR count). The number of rotatable bonds is 3. The molecule has 1 aliphatic rings. The Morgan fingerprint density at radius 1 is 1.55 bits per heavy atom. The molecule has 0 spiro atoms. The molecule has 0 aromatic carbocycles. The lowest BCUT2D eigenvalue weighted by Gasteiger charge is -2.15. The first kappa shape index (κ1) is 12.6. The van der Waals surface area contributed by atoms with Crippen molar-refractivity contribution in [2.75, 3.05) is 12.3 Å². The average molecular weight is 276 g/mol. The first-order valence-electron chi connectivity index (χ1n) is 6.04. The van der Waals surface area contributed by atoms with Crippen molar-refractivity contribution >= 4 is 22.9 Å². The number of fused-ring (bicyclic) bond motifs is 1. The number of imidazole rings is 1. The number of aliphatic hydroxyl groups excluding tert-OH is 1. The molecular weight excluding hydrogens is 264 g/mol. The van der Waals surface area contributed by atoms with Crippen molar-refractivity contribution in [2.45, 2.75) is 25.2 Å². The number of ether oxygens (including phenoxy) is 1. The molecule has 2 aromatic heterocycles. The van der Waals surface area contributed by atoms with Crippen LogP contribution < -0.4 is 5.73 Å². The zero-order valence-corrected chi connectivity index (χ0v) is 10.4. The molecule has 0 unspecified atom stereocenters. The summed E-state index contributed by atoms with van der Waals surface area (Å²) < 4.78 is 7.26. The van der Waals surface area contributed by atoms with E-state index in [1.54, 1.807) is 4.57 Å². The molecule has 0 saturated carbocycles. The molecule has 1 fully saturated rings. The summed E-state index contributed by atoms with van der Waals surface area (Å²) in [5.74, 6) is 0.332. The molecule has 10 nitrogen and oxygen atoms in total. The summed E-state index contributed by atoms with van der Waals surface area (Å²) in [6.07, 6.45) is 2.04. The first-order chi connectivity index (χ1) is 9.74. The fourth-order valence-corrected chi connectivity index (χ4v) is 2.30. The highest BCUT2D eigenvalue weighted by Crippen LogP contribution is 2.35. The molecular formula is C10H12N8O2. The Balaban J connectivity index is 2.15. The van der Waals surface area contributed by atoms with Crippen molar-refractivity contribution in [2.24, 2.45) is 5.11 Å². The van der Waals surface area contributed by atoms with Gasteiger partial charge in [-0.3, -0.25) is 4.57 Å². The Hall–Kier alpha value is -2.42. The minimum absolute atomic E-state index is 0.0584. The van der Waals surface area contributed by atoms with Gasteiger partial charge in [0.05, 0.1) is 12.7 Å². The van der Waals surface area contributed by atoms with Gasteiger partial charge in [0.1, 0.15) is 12.6 Å². The topological polar surface area (TPSA) is 148 Å². The van der Waals surface area contributed by atoms with Gasteiger partial charge >= 0.3 is 0 Å². The number of nitrogens with zero attached hydrogens (tertiary/aromatic N) is 7. The maximum absolute atomic E-state index is 9.13. The van der Waals surface area contributed by atoms with E-state index in [2.05, 4.69) is 25.0 Å². The lowest BCUT2D eigenvalue weighted by atomic mass is 10.2. The van der Waals surface area contributed by atoms with Crippen LogP contribution in [0.2, 0.25) is 0 Å². The van der Waals surface area contributed by atoms with Gasteiger partial charge in [-0.2, -0.15) is 0 Å². The smallest absolute Gasteiger partial charge is 0.201 e. The Bertz CT molecular complexity index is 692. The van der Waals surface area contributed by atoms with E-state index in [1.165, 1.54) is 6.33 Å². The van der Waals surface area contributed by atoms with Crippen LogP contribution in [0.3, 0.4) is 0 Å². The second-order valence-electron chi connectivity index (χ2n) is 4.38. The molecule has 0 bridgehead atoms. The molecule has 3 N–H and O–H groups in total. The van der Waals surface area contributed by atoms with E-state index in [9.17, 15) is 0 Å². The van der Waals surface area contributed by atoms with E-state index in [1.807, 2.05) is 0 Å². The molecule has 3 heterocycles. The molecule has 1 aliphatic heterocycles. The van der Waals surface area contributed by atoms with E-state index in [-0.39, 0.29) is 24.5 Å². The van der Waals surface area contributed by atoms with Crippen molar-refractivity contribution in [3.63, 3.8) is 0 Å². The first-order valence-corrected chi connectivity index (χ1v) is 6.04. The number of nitrogens with two attached hydrogens (primary N) is 1. The maximum atomic E-state index is 9.13. The molecule has 2 aromatic rings. The Labute approximate surface area is 112 Å². The second kappa shape index (κ2) is 4.93. The van der Waals surface area contributed by atoms with Gasteiger partial charge in [0.15, 0.2) is 17.0 Å². The summed E-state index contributed by atoms with van der Waals surface area (Å²) in [5.41, 5.74) is 15.2. The lowest BCUT2D eigenvalue weighted by molar-refractivity contribution is -0.0198. The highest BCUT2D eigenvalue weighted by Gasteiger charge is 2.29. The van der Waals surface area contributed by atoms with Crippen molar-refractivity contribution < 1.29 is 9.84 Å². The molecule has 104 valence electrons. The molecule has 20 heavy (non-hydrogen) atoms. The summed E-state index contributed by atoms with van der Waals surface area (Å²) in [5, 5.41) is 12.7. The standard InChI is InChI=1S/C10H12N8O2/c11-8-7-9(14-4-13-8)18(10(15-7)16-17-12)6-2-1-5(3-19)20-6/h4-6,19H,1-3H2,(H2,11,13,14)/t5-,6+/m0/s1. The molecule has 0 radical (unpaired) electrons. The number of azide groups is 1. The minimum Gasteiger partial charge on any atom is -0.394 e. The van der Waals surface area contributed by atoms with Crippen molar-refractivity contribution in [3.8, 4) is 0 Å². The Morgan fingerprint density at radius 3 is 3.10 bits per heavy atom. The Kier molecular flexibility index (Phi) is 3.11. The minimum atomic E-state index is -0.396. The van der Waals surface area contributed by atoms with Crippen LogP contribution in [0.25, 0.3) is 21.6 Å². The monoisotopic (exact) mass is 276 g/mol. The van der Waals surface area contributed by atoms with E-state index in [0.29, 0.717) is 24.0 Å². The molecule has 1 saturated heterocycles. The summed E-state index contributed by atoms with van der Waals surface area (Å²) in [7, 11) is 0. The summed E-state index contributed by atoms with van der Waals surface area (Å²) in [4.78, 5) is 14.9. The van der Waals surface area contributed by atoms with Crippen LogP contribution in [-0.2, 0) is 4.74 Å². The van der Waals surface area contributed by atoms with Crippen LogP contribution in [-0.4, -0.2) is 37.3 Å². The van der Waals surface area contributed by atoms with Crippen LogP contribution in [0.1, 0.15) is 19.1 Å². The van der Waals surface area contributed by atoms with Gasteiger partial charge in [-0.25, -0.2) is 15.0 Å². The molecule has 10 heteroatoms. The van der Waals surface area contributed by atoms with E-state index < -0.39 is 6.23 Å². The van der Waals surface area contributed by atoms with Crippen molar-refractivity contribution in [1.82, 2.24) is 19.5 Å². The number of aliphatic hydroxyl groups is 1. The number of nitrogen functional groups attached to an aromatic ring is 1. The van der Waals surface area contributed by atoms with Crippen LogP contribution in [0.5, 0.6) is 0 Å². The third-order valence-electron chi connectivity index (χ3n) is 3.20. The van der Waals surface area contributed by atoms with Crippen molar-refractivity contribution in [1.29, 1.82) is 0 Å². The van der Waals surface area contributed by atoms with Crippen LogP contribution in [0.4, 0.5) is 11.8 Å². The molecule has 0 amide bonds. The summed E-state index contributed by atoms with van der Waals surface area (Å²) in [6.45, 7) is -0.0584. The van der Waals surface area contributed by atoms with Gasteiger partial charge in [-0.1, -0.05) is 0 Å². The average Bonchev–Trinajstić information content (AvgIpc) is 3.03. The van der Waals surface area contributed by atoms with Gasteiger partial charge in [-0.15, -0.1) is 0 Å².